The van der Waals surface area contributed by atoms with E-state index in [1.165, 1.54) is 5.56 Å². The van der Waals surface area contributed by atoms with Crippen LogP contribution in [-0.2, 0) is 9.53 Å². The van der Waals surface area contributed by atoms with Gasteiger partial charge in [-0.15, -0.1) is 0 Å². The predicted molar refractivity (Wildman–Crippen MR) is 70.1 cm³/mol. The summed E-state index contributed by atoms with van der Waals surface area (Å²) < 4.78 is 5.23. The lowest BCUT2D eigenvalue weighted by molar-refractivity contribution is -0.135. The summed E-state index contributed by atoms with van der Waals surface area (Å²) in [5.41, 5.74) is 8.29. The van der Waals surface area contributed by atoms with Gasteiger partial charge in [0.2, 0.25) is 5.91 Å². The minimum Gasteiger partial charge on any atom is -0.378 e. The molecule has 1 aromatic carbocycles. The van der Waals surface area contributed by atoms with E-state index in [-0.39, 0.29) is 11.9 Å². The average molecular weight is 248 g/mol. The summed E-state index contributed by atoms with van der Waals surface area (Å²) in [5, 5.41) is 0. The lowest BCUT2D eigenvalue weighted by Gasteiger charge is -2.28. The number of carbonyl (C=O) groups excluding carboxylic acids is 1. The van der Waals surface area contributed by atoms with Gasteiger partial charge in [-0.25, -0.2) is 0 Å². The third-order valence-corrected chi connectivity index (χ3v) is 3.26. The molecule has 4 nitrogen and oxygen atoms in total. The monoisotopic (exact) mass is 248 g/mol. The van der Waals surface area contributed by atoms with Crippen molar-refractivity contribution in [3.8, 4) is 0 Å². The lowest BCUT2D eigenvalue weighted by atomic mass is 10.0. The standard InChI is InChI=1S/C14H20N2O2/c1-11-2-4-12(5-3-11)13(15)10-14(17)16-6-8-18-9-7-16/h2-5,13H,6-10,15H2,1H3. The van der Waals surface area contributed by atoms with Crippen LogP contribution in [0.5, 0.6) is 0 Å². The molecule has 2 rings (SSSR count). The zero-order chi connectivity index (χ0) is 13.0. The Kier molecular flexibility index (Phi) is 4.33. The Hall–Kier alpha value is -1.39. The molecule has 0 bridgehead atoms. The fourth-order valence-electron chi connectivity index (χ4n) is 2.06. The number of morpholine rings is 1. The first-order chi connectivity index (χ1) is 8.66. The first-order valence-electron chi connectivity index (χ1n) is 6.34. The molecule has 98 valence electrons. The van der Waals surface area contributed by atoms with Gasteiger partial charge in [0.05, 0.1) is 13.2 Å². The van der Waals surface area contributed by atoms with E-state index in [4.69, 9.17) is 10.5 Å². The Morgan fingerprint density at radius 2 is 1.94 bits per heavy atom. The van der Waals surface area contributed by atoms with Crippen LogP contribution in [0.1, 0.15) is 23.6 Å². The second kappa shape index (κ2) is 5.98. The van der Waals surface area contributed by atoms with Crippen molar-refractivity contribution in [3.05, 3.63) is 35.4 Å². The zero-order valence-corrected chi connectivity index (χ0v) is 10.8. The summed E-state index contributed by atoms with van der Waals surface area (Å²) in [7, 11) is 0. The van der Waals surface area contributed by atoms with Crippen molar-refractivity contribution in [2.45, 2.75) is 19.4 Å². The maximum atomic E-state index is 12.0. The highest BCUT2D eigenvalue weighted by Gasteiger charge is 2.19. The first-order valence-corrected chi connectivity index (χ1v) is 6.34. The van der Waals surface area contributed by atoms with Gasteiger partial charge < -0.3 is 15.4 Å². The minimum absolute atomic E-state index is 0.117. The fourth-order valence-corrected chi connectivity index (χ4v) is 2.06. The first kappa shape index (κ1) is 13.1. The van der Waals surface area contributed by atoms with E-state index in [9.17, 15) is 4.79 Å². The normalized spacial score (nSPS) is 17.6. The maximum absolute atomic E-state index is 12.0. The molecule has 0 aromatic heterocycles. The van der Waals surface area contributed by atoms with Crippen LogP contribution in [0.3, 0.4) is 0 Å². The summed E-state index contributed by atoms with van der Waals surface area (Å²) in [4.78, 5) is 13.9. The largest absolute Gasteiger partial charge is 0.378 e. The van der Waals surface area contributed by atoms with Gasteiger partial charge in [0.25, 0.3) is 0 Å². The number of hydrogen-bond acceptors (Lipinski definition) is 3. The molecule has 18 heavy (non-hydrogen) atoms. The third kappa shape index (κ3) is 3.31. The van der Waals surface area contributed by atoms with Crippen LogP contribution in [0.15, 0.2) is 24.3 Å². The van der Waals surface area contributed by atoms with E-state index in [0.717, 1.165) is 5.56 Å². The zero-order valence-electron chi connectivity index (χ0n) is 10.8. The molecule has 0 saturated carbocycles. The molecule has 0 radical (unpaired) electrons. The summed E-state index contributed by atoms with van der Waals surface area (Å²) in [6, 6.07) is 7.81. The highest BCUT2D eigenvalue weighted by molar-refractivity contribution is 5.77. The molecule has 0 spiro atoms. The van der Waals surface area contributed by atoms with E-state index in [2.05, 4.69) is 0 Å². The van der Waals surface area contributed by atoms with Crippen LogP contribution in [-0.4, -0.2) is 37.1 Å². The second-order valence-corrected chi connectivity index (χ2v) is 4.71. The molecule has 1 saturated heterocycles. The number of amides is 1. The fraction of sp³-hybridized carbons (Fsp3) is 0.500. The van der Waals surface area contributed by atoms with Gasteiger partial charge in [-0.05, 0) is 12.5 Å². The van der Waals surface area contributed by atoms with Crippen LogP contribution >= 0.6 is 0 Å². The molecule has 1 aliphatic heterocycles. The van der Waals surface area contributed by atoms with Crippen molar-refractivity contribution in [3.63, 3.8) is 0 Å². The molecule has 1 amide bonds. The molecule has 0 aliphatic carbocycles. The molecule has 1 heterocycles. The smallest absolute Gasteiger partial charge is 0.224 e. The Morgan fingerprint density at radius 3 is 2.56 bits per heavy atom. The van der Waals surface area contributed by atoms with Gasteiger partial charge in [0.1, 0.15) is 0 Å². The van der Waals surface area contributed by atoms with Gasteiger partial charge >= 0.3 is 0 Å². The molecule has 1 atom stereocenters. The van der Waals surface area contributed by atoms with E-state index in [1.807, 2.05) is 36.1 Å². The molecule has 2 N–H and O–H groups in total. The number of ether oxygens (including phenoxy) is 1. The second-order valence-electron chi connectivity index (χ2n) is 4.71. The molecule has 1 fully saturated rings. The summed E-state index contributed by atoms with van der Waals surface area (Å²) >= 11 is 0. The van der Waals surface area contributed by atoms with Gasteiger partial charge in [-0.1, -0.05) is 29.8 Å². The molecule has 1 aliphatic rings. The SMILES string of the molecule is Cc1ccc(C(N)CC(=O)N2CCOCC2)cc1. The van der Waals surface area contributed by atoms with Crippen LogP contribution in [0.4, 0.5) is 0 Å². The number of nitrogens with two attached hydrogens (primary N) is 1. The number of nitrogens with zero attached hydrogens (tertiary/aromatic N) is 1. The van der Waals surface area contributed by atoms with E-state index >= 15 is 0 Å². The Labute approximate surface area is 108 Å². The maximum Gasteiger partial charge on any atom is 0.224 e. The van der Waals surface area contributed by atoms with Crippen molar-refractivity contribution in [2.24, 2.45) is 5.73 Å². The van der Waals surface area contributed by atoms with Gasteiger partial charge in [0, 0.05) is 25.6 Å². The highest BCUT2D eigenvalue weighted by atomic mass is 16.5. The van der Waals surface area contributed by atoms with Gasteiger partial charge in [-0.3, -0.25) is 4.79 Å². The van der Waals surface area contributed by atoms with Crippen LogP contribution in [0.2, 0.25) is 0 Å². The Morgan fingerprint density at radius 1 is 1.33 bits per heavy atom. The van der Waals surface area contributed by atoms with E-state index in [0.29, 0.717) is 32.7 Å². The number of benzene rings is 1. The minimum atomic E-state index is -0.221. The number of aryl methyl sites for hydroxylation is 1. The van der Waals surface area contributed by atoms with Crippen molar-refractivity contribution < 1.29 is 9.53 Å². The molecule has 1 unspecified atom stereocenters. The average Bonchev–Trinajstić information content (AvgIpc) is 2.40. The lowest BCUT2D eigenvalue weighted by Crippen LogP contribution is -2.41. The number of carbonyl (C=O) groups is 1. The van der Waals surface area contributed by atoms with Gasteiger partial charge in [0.15, 0.2) is 0 Å². The van der Waals surface area contributed by atoms with Crippen molar-refractivity contribution in [1.82, 2.24) is 4.90 Å². The number of rotatable bonds is 3. The van der Waals surface area contributed by atoms with Crippen LogP contribution in [0.25, 0.3) is 0 Å². The topological polar surface area (TPSA) is 55.6 Å². The summed E-state index contributed by atoms with van der Waals surface area (Å²) in [6.07, 6.45) is 0.364. The van der Waals surface area contributed by atoms with E-state index in [1.54, 1.807) is 0 Å². The van der Waals surface area contributed by atoms with E-state index < -0.39 is 0 Å². The van der Waals surface area contributed by atoms with Crippen LogP contribution in [0, 0.1) is 6.92 Å². The summed E-state index contributed by atoms with van der Waals surface area (Å²) in [5.74, 6) is 0.117. The Bertz CT molecular complexity index is 397. The Balaban J connectivity index is 1.91. The predicted octanol–water partition coefficient (Wildman–Crippen LogP) is 1.24. The third-order valence-electron chi connectivity index (χ3n) is 3.26. The molecule has 4 heteroatoms. The van der Waals surface area contributed by atoms with Crippen molar-refractivity contribution in [1.29, 1.82) is 0 Å². The highest BCUT2D eigenvalue weighted by Crippen LogP contribution is 2.16. The van der Waals surface area contributed by atoms with Crippen molar-refractivity contribution >= 4 is 5.91 Å². The van der Waals surface area contributed by atoms with Crippen molar-refractivity contribution in [2.75, 3.05) is 26.3 Å². The molecular formula is C14H20N2O2. The summed E-state index contributed by atoms with van der Waals surface area (Å²) in [6.45, 7) is 4.66. The molecule has 1 aromatic rings. The number of hydrogen-bond donors (Lipinski definition) is 1. The van der Waals surface area contributed by atoms with Gasteiger partial charge in [-0.2, -0.15) is 0 Å². The van der Waals surface area contributed by atoms with Crippen LogP contribution < -0.4 is 5.73 Å². The quantitative estimate of drug-likeness (QED) is 0.875. The molecular weight excluding hydrogens is 228 g/mol.